The lowest BCUT2D eigenvalue weighted by Crippen LogP contribution is -2.22. The summed E-state index contributed by atoms with van der Waals surface area (Å²) in [5, 5.41) is 21.7. The molecule has 7 heteroatoms. The third kappa shape index (κ3) is 2.71. The number of rotatable bonds is 5. The Kier molecular flexibility index (Phi) is 3.57. The van der Waals surface area contributed by atoms with Crippen LogP contribution in [0.1, 0.15) is 17.5 Å². The van der Waals surface area contributed by atoms with Crippen LogP contribution in [0, 0.1) is 0 Å². The number of pyridine rings is 1. The first-order valence-electron chi connectivity index (χ1n) is 7.38. The molecule has 0 bridgehead atoms. The molecule has 0 saturated heterocycles. The van der Waals surface area contributed by atoms with E-state index >= 15 is 0 Å². The van der Waals surface area contributed by atoms with Crippen molar-refractivity contribution in [3.8, 4) is 11.5 Å². The molecule has 0 aliphatic carbocycles. The quantitative estimate of drug-likeness (QED) is 0.739. The summed E-state index contributed by atoms with van der Waals surface area (Å²) in [6.45, 7) is 1.15. The van der Waals surface area contributed by atoms with E-state index in [0.29, 0.717) is 24.6 Å². The Bertz CT molecular complexity index is 833. The van der Waals surface area contributed by atoms with E-state index in [4.69, 9.17) is 9.47 Å². The summed E-state index contributed by atoms with van der Waals surface area (Å²) in [6.07, 6.45) is 1.28. The minimum Gasteiger partial charge on any atom is -0.454 e. The highest BCUT2D eigenvalue weighted by molar-refractivity contribution is 5.45. The number of hydrogen-bond acceptors (Lipinski definition) is 6. The summed E-state index contributed by atoms with van der Waals surface area (Å²) in [5.41, 5.74) is 1.59. The predicted octanol–water partition coefficient (Wildman–Crippen LogP) is 1.28. The molecule has 4 rings (SSSR count). The maximum absolute atomic E-state index is 10.3. The van der Waals surface area contributed by atoms with Crippen LogP contribution >= 0.6 is 0 Å². The molecule has 1 aliphatic rings. The largest absolute Gasteiger partial charge is 0.454 e. The Morgan fingerprint density at radius 1 is 1.17 bits per heavy atom. The summed E-state index contributed by atoms with van der Waals surface area (Å²) in [5.74, 6) is 2.19. The van der Waals surface area contributed by atoms with Gasteiger partial charge in [0.05, 0.1) is 12.6 Å². The Hall–Kier alpha value is -2.64. The van der Waals surface area contributed by atoms with Gasteiger partial charge in [-0.05, 0) is 29.8 Å². The van der Waals surface area contributed by atoms with Gasteiger partial charge in [0, 0.05) is 12.7 Å². The fraction of sp³-hybridized carbons (Fsp3) is 0.250. The van der Waals surface area contributed by atoms with Gasteiger partial charge in [-0.2, -0.15) is 0 Å². The van der Waals surface area contributed by atoms with Gasteiger partial charge in [0.2, 0.25) is 6.79 Å². The van der Waals surface area contributed by atoms with Crippen LogP contribution in [0.5, 0.6) is 11.5 Å². The SMILES string of the molecule is O[C@H](CNCc1nnc2ccccn12)c1ccc2c(c1)OCO2. The molecule has 0 saturated carbocycles. The summed E-state index contributed by atoms with van der Waals surface area (Å²) in [7, 11) is 0. The number of aliphatic hydroxyl groups is 1. The third-order valence-electron chi connectivity index (χ3n) is 3.79. The molecule has 3 aromatic rings. The summed E-state index contributed by atoms with van der Waals surface area (Å²) >= 11 is 0. The number of nitrogens with zero attached hydrogens (tertiary/aromatic N) is 3. The lowest BCUT2D eigenvalue weighted by atomic mass is 10.1. The molecule has 1 aromatic carbocycles. The van der Waals surface area contributed by atoms with Gasteiger partial charge in [-0.15, -0.1) is 10.2 Å². The molecule has 2 N–H and O–H groups in total. The second-order valence-corrected chi connectivity index (χ2v) is 5.30. The monoisotopic (exact) mass is 312 g/mol. The van der Waals surface area contributed by atoms with Gasteiger partial charge in [-0.25, -0.2) is 0 Å². The Labute approximate surface area is 132 Å². The van der Waals surface area contributed by atoms with Crippen LogP contribution in [0.2, 0.25) is 0 Å². The molecule has 0 unspecified atom stereocenters. The van der Waals surface area contributed by atoms with Crippen LogP contribution in [0.3, 0.4) is 0 Å². The van der Waals surface area contributed by atoms with E-state index in [2.05, 4.69) is 15.5 Å². The topological polar surface area (TPSA) is 80.9 Å². The van der Waals surface area contributed by atoms with Crippen LogP contribution in [0.4, 0.5) is 0 Å². The van der Waals surface area contributed by atoms with Gasteiger partial charge < -0.3 is 19.9 Å². The van der Waals surface area contributed by atoms with Crippen LogP contribution in [0.25, 0.3) is 5.65 Å². The fourth-order valence-corrected chi connectivity index (χ4v) is 2.57. The van der Waals surface area contributed by atoms with Crippen molar-refractivity contribution in [3.05, 3.63) is 54.0 Å². The molecule has 2 aromatic heterocycles. The van der Waals surface area contributed by atoms with Crippen molar-refractivity contribution in [1.29, 1.82) is 0 Å². The van der Waals surface area contributed by atoms with Crippen molar-refractivity contribution in [3.63, 3.8) is 0 Å². The van der Waals surface area contributed by atoms with E-state index in [-0.39, 0.29) is 6.79 Å². The van der Waals surface area contributed by atoms with E-state index in [0.717, 1.165) is 17.0 Å². The van der Waals surface area contributed by atoms with Crippen molar-refractivity contribution in [2.45, 2.75) is 12.6 Å². The number of fused-ring (bicyclic) bond motifs is 2. The van der Waals surface area contributed by atoms with Crippen molar-refractivity contribution in [1.82, 2.24) is 19.9 Å². The van der Waals surface area contributed by atoms with E-state index in [1.54, 1.807) is 6.07 Å². The van der Waals surface area contributed by atoms with E-state index in [1.807, 2.05) is 40.9 Å². The van der Waals surface area contributed by atoms with Crippen molar-refractivity contribution < 1.29 is 14.6 Å². The summed E-state index contributed by atoms with van der Waals surface area (Å²) in [4.78, 5) is 0. The first kappa shape index (κ1) is 14.0. The van der Waals surface area contributed by atoms with Gasteiger partial charge >= 0.3 is 0 Å². The zero-order valence-electron chi connectivity index (χ0n) is 12.3. The number of aromatic nitrogens is 3. The van der Waals surface area contributed by atoms with Crippen LogP contribution in [0.15, 0.2) is 42.6 Å². The molecule has 23 heavy (non-hydrogen) atoms. The number of nitrogens with one attached hydrogen (secondary N) is 1. The molecule has 1 atom stereocenters. The summed E-state index contributed by atoms with van der Waals surface area (Å²) in [6, 6.07) is 11.2. The minimum atomic E-state index is -0.635. The molecule has 0 spiro atoms. The van der Waals surface area contributed by atoms with Gasteiger partial charge in [0.15, 0.2) is 23.0 Å². The highest BCUT2D eigenvalue weighted by atomic mass is 16.7. The van der Waals surface area contributed by atoms with Gasteiger partial charge in [0.25, 0.3) is 0 Å². The highest BCUT2D eigenvalue weighted by Crippen LogP contribution is 2.34. The molecule has 0 amide bonds. The lowest BCUT2D eigenvalue weighted by Gasteiger charge is -2.12. The number of ether oxygens (including phenoxy) is 2. The van der Waals surface area contributed by atoms with Crippen LogP contribution in [-0.2, 0) is 6.54 Å². The predicted molar refractivity (Wildman–Crippen MR) is 82.2 cm³/mol. The maximum atomic E-state index is 10.3. The molecule has 7 nitrogen and oxygen atoms in total. The van der Waals surface area contributed by atoms with E-state index in [9.17, 15) is 5.11 Å². The first-order valence-corrected chi connectivity index (χ1v) is 7.38. The Balaban J connectivity index is 1.39. The zero-order chi connectivity index (χ0) is 15.6. The second-order valence-electron chi connectivity index (χ2n) is 5.30. The third-order valence-corrected chi connectivity index (χ3v) is 3.79. The summed E-state index contributed by atoms with van der Waals surface area (Å²) < 4.78 is 12.5. The molecular weight excluding hydrogens is 296 g/mol. The average Bonchev–Trinajstić information content (AvgIpc) is 3.21. The van der Waals surface area contributed by atoms with Gasteiger partial charge in [-0.1, -0.05) is 12.1 Å². The fourth-order valence-electron chi connectivity index (χ4n) is 2.57. The Morgan fingerprint density at radius 3 is 3.04 bits per heavy atom. The van der Waals surface area contributed by atoms with Crippen molar-refractivity contribution in [2.75, 3.05) is 13.3 Å². The molecule has 0 fully saturated rings. The lowest BCUT2D eigenvalue weighted by molar-refractivity contribution is 0.170. The smallest absolute Gasteiger partial charge is 0.231 e. The van der Waals surface area contributed by atoms with E-state index in [1.165, 1.54) is 0 Å². The van der Waals surface area contributed by atoms with Crippen LogP contribution in [-0.4, -0.2) is 33.0 Å². The highest BCUT2D eigenvalue weighted by Gasteiger charge is 2.16. The minimum absolute atomic E-state index is 0.229. The van der Waals surface area contributed by atoms with Crippen LogP contribution < -0.4 is 14.8 Å². The second kappa shape index (κ2) is 5.86. The molecule has 1 aliphatic heterocycles. The molecular formula is C16H16N4O3. The number of aliphatic hydroxyl groups excluding tert-OH is 1. The average molecular weight is 312 g/mol. The molecule has 3 heterocycles. The maximum Gasteiger partial charge on any atom is 0.231 e. The standard InChI is InChI=1S/C16H16N4O3/c21-12(11-4-5-13-14(7-11)23-10-22-13)8-17-9-16-19-18-15-3-1-2-6-20(15)16/h1-7,12,17,21H,8-10H2/t12-/m1/s1. The van der Waals surface area contributed by atoms with Gasteiger partial charge in [0.1, 0.15) is 0 Å². The van der Waals surface area contributed by atoms with E-state index < -0.39 is 6.10 Å². The number of hydrogen-bond donors (Lipinski definition) is 2. The van der Waals surface area contributed by atoms with Crippen molar-refractivity contribution in [2.24, 2.45) is 0 Å². The normalized spacial score (nSPS) is 14.3. The molecule has 118 valence electrons. The Morgan fingerprint density at radius 2 is 2.09 bits per heavy atom. The zero-order valence-corrected chi connectivity index (χ0v) is 12.3. The molecule has 0 radical (unpaired) electrons. The number of benzene rings is 1. The van der Waals surface area contributed by atoms with Crippen molar-refractivity contribution >= 4 is 5.65 Å². The first-order chi connectivity index (χ1) is 11.3. The van der Waals surface area contributed by atoms with Gasteiger partial charge in [-0.3, -0.25) is 4.40 Å².